The lowest BCUT2D eigenvalue weighted by atomic mass is 9.97. The Morgan fingerprint density at radius 2 is 2.00 bits per heavy atom. The number of carbonyl (C=O) groups excluding carboxylic acids is 2. The summed E-state index contributed by atoms with van der Waals surface area (Å²) in [7, 11) is 1.53. The fourth-order valence-electron chi connectivity index (χ4n) is 4.68. The van der Waals surface area contributed by atoms with Crippen LogP contribution in [0.5, 0.6) is 5.75 Å². The van der Waals surface area contributed by atoms with Crippen molar-refractivity contribution in [2.75, 3.05) is 7.11 Å². The lowest BCUT2D eigenvalue weighted by molar-refractivity contribution is -0.131. The Balaban J connectivity index is 1.62. The molecule has 0 bridgehead atoms. The minimum atomic E-state index is -0.751. The van der Waals surface area contributed by atoms with E-state index in [0.717, 1.165) is 25.7 Å². The van der Waals surface area contributed by atoms with E-state index in [1.165, 1.54) is 7.11 Å². The SMILES string of the molecule is COc1cccc2cc(C(=O)C3=C(O)C(=O)N(C4CCCC4)C3c3ccccn3)oc12. The quantitative estimate of drug-likeness (QED) is 0.619. The van der Waals surface area contributed by atoms with Crippen LogP contribution in [0.4, 0.5) is 0 Å². The highest BCUT2D eigenvalue weighted by molar-refractivity contribution is 6.16. The third-order valence-corrected chi connectivity index (χ3v) is 6.13. The summed E-state index contributed by atoms with van der Waals surface area (Å²) in [6.45, 7) is 0. The van der Waals surface area contributed by atoms with Crippen molar-refractivity contribution in [1.82, 2.24) is 9.88 Å². The molecule has 2 aliphatic rings. The fourth-order valence-corrected chi connectivity index (χ4v) is 4.68. The van der Waals surface area contributed by atoms with Crippen molar-refractivity contribution < 1.29 is 23.8 Å². The maximum Gasteiger partial charge on any atom is 0.290 e. The van der Waals surface area contributed by atoms with Crippen LogP contribution in [0.3, 0.4) is 0 Å². The van der Waals surface area contributed by atoms with Crippen molar-refractivity contribution in [3.05, 3.63) is 71.4 Å². The molecule has 1 aliphatic heterocycles. The molecule has 1 amide bonds. The van der Waals surface area contributed by atoms with Gasteiger partial charge >= 0.3 is 0 Å². The number of Topliss-reactive ketones (excluding diaryl/α,β-unsaturated/α-hetero) is 1. The zero-order valence-corrected chi connectivity index (χ0v) is 17.1. The van der Waals surface area contributed by atoms with Gasteiger partial charge in [0.25, 0.3) is 5.91 Å². The second kappa shape index (κ2) is 7.58. The highest BCUT2D eigenvalue weighted by atomic mass is 16.5. The summed E-state index contributed by atoms with van der Waals surface area (Å²) in [6.07, 6.45) is 5.32. The Labute approximate surface area is 178 Å². The first-order valence-corrected chi connectivity index (χ1v) is 10.4. The molecule has 3 aromatic rings. The van der Waals surface area contributed by atoms with Crippen LogP contribution in [0.15, 0.2) is 64.4 Å². The predicted molar refractivity (Wildman–Crippen MR) is 113 cm³/mol. The first-order valence-electron chi connectivity index (χ1n) is 10.4. The maximum absolute atomic E-state index is 13.6. The molecule has 1 N–H and O–H groups in total. The van der Waals surface area contributed by atoms with Crippen LogP contribution < -0.4 is 4.74 Å². The van der Waals surface area contributed by atoms with Gasteiger partial charge in [0.2, 0.25) is 5.78 Å². The number of ketones is 1. The third-order valence-electron chi connectivity index (χ3n) is 6.13. The number of fused-ring (bicyclic) bond motifs is 1. The number of benzene rings is 1. The van der Waals surface area contributed by atoms with Crippen molar-refractivity contribution in [1.29, 1.82) is 0 Å². The molecule has 0 saturated heterocycles. The van der Waals surface area contributed by atoms with E-state index in [-0.39, 0.29) is 17.4 Å². The molecule has 158 valence electrons. The number of aromatic nitrogens is 1. The van der Waals surface area contributed by atoms with E-state index in [1.54, 1.807) is 41.4 Å². The van der Waals surface area contributed by atoms with Crippen molar-refractivity contribution in [2.24, 2.45) is 0 Å². The summed E-state index contributed by atoms with van der Waals surface area (Å²) in [5.41, 5.74) is 0.997. The van der Waals surface area contributed by atoms with Gasteiger partial charge < -0.3 is 19.2 Å². The van der Waals surface area contributed by atoms with Crippen molar-refractivity contribution in [3.63, 3.8) is 0 Å². The van der Waals surface area contributed by atoms with Gasteiger partial charge in [0, 0.05) is 17.6 Å². The van der Waals surface area contributed by atoms with Crippen molar-refractivity contribution in [2.45, 2.75) is 37.8 Å². The topological polar surface area (TPSA) is 92.9 Å². The third kappa shape index (κ3) is 3.08. The molecule has 1 saturated carbocycles. The second-order valence-corrected chi connectivity index (χ2v) is 7.89. The number of aliphatic hydroxyl groups is 1. The van der Waals surface area contributed by atoms with E-state index in [9.17, 15) is 14.7 Å². The highest BCUT2D eigenvalue weighted by Crippen LogP contribution is 2.43. The largest absolute Gasteiger partial charge is 0.503 e. The molecule has 1 aliphatic carbocycles. The molecule has 3 heterocycles. The monoisotopic (exact) mass is 418 g/mol. The number of methoxy groups -OCH3 is 1. The number of para-hydroxylation sites is 1. The summed E-state index contributed by atoms with van der Waals surface area (Å²) in [5.74, 6) is -1.03. The zero-order valence-electron chi connectivity index (χ0n) is 17.1. The van der Waals surface area contributed by atoms with Gasteiger partial charge in [-0.05, 0) is 37.1 Å². The van der Waals surface area contributed by atoms with Gasteiger partial charge in [-0.2, -0.15) is 0 Å². The highest BCUT2D eigenvalue weighted by Gasteiger charge is 2.48. The van der Waals surface area contributed by atoms with Crippen LogP contribution in [0, 0.1) is 0 Å². The molecule has 0 spiro atoms. The van der Waals surface area contributed by atoms with E-state index in [4.69, 9.17) is 9.15 Å². The summed E-state index contributed by atoms with van der Waals surface area (Å²) in [4.78, 5) is 32.7. The second-order valence-electron chi connectivity index (χ2n) is 7.89. The molecular weight excluding hydrogens is 396 g/mol. The number of nitrogens with zero attached hydrogens (tertiary/aromatic N) is 2. The summed E-state index contributed by atoms with van der Waals surface area (Å²) in [6, 6.07) is 11.5. The number of carbonyl (C=O) groups is 2. The normalized spacial score (nSPS) is 19.6. The molecular formula is C24H22N2O5. The van der Waals surface area contributed by atoms with Crippen LogP contribution in [0.25, 0.3) is 11.0 Å². The zero-order chi connectivity index (χ0) is 21.5. The van der Waals surface area contributed by atoms with Gasteiger partial charge in [-0.1, -0.05) is 31.0 Å². The molecule has 1 aromatic carbocycles. The van der Waals surface area contributed by atoms with Crippen LogP contribution in [0.2, 0.25) is 0 Å². The van der Waals surface area contributed by atoms with Gasteiger partial charge in [0.05, 0.1) is 18.4 Å². The Morgan fingerprint density at radius 3 is 2.71 bits per heavy atom. The molecule has 0 radical (unpaired) electrons. The Morgan fingerprint density at radius 1 is 1.19 bits per heavy atom. The fraction of sp³-hybridized carbons (Fsp3) is 0.292. The molecule has 1 atom stereocenters. The summed E-state index contributed by atoms with van der Waals surface area (Å²) in [5, 5.41) is 11.5. The molecule has 1 fully saturated rings. The molecule has 5 rings (SSSR count). The van der Waals surface area contributed by atoms with Crippen LogP contribution in [-0.2, 0) is 4.79 Å². The molecule has 7 heteroatoms. The number of pyridine rings is 1. The number of aliphatic hydroxyl groups excluding tert-OH is 1. The molecule has 2 aromatic heterocycles. The summed E-state index contributed by atoms with van der Waals surface area (Å²) < 4.78 is 11.1. The number of rotatable bonds is 5. The number of hydrogen-bond acceptors (Lipinski definition) is 6. The lowest BCUT2D eigenvalue weighted by Crippen LogP contribution is -2.39. The van der Waals surface area contributed by atoms with E-state index in [1.807, 2.05) is 12.1 Å². The smallest absolute Gasteiger partial charge is 0.290 e. The van der Waals surface area contributed by atoms with E-state index in [2.05, 4.69) is 4.98 Å². The minimum absolute atomic E-state index is 0.00798. The number of hydrogen-bond donors (Lipinski definition) is 1. The maximum atomic E-state index is 13.6. The van der Waals surface area contributed by atoms with E-state index < -0.39 is 23.5 Å². The average Bonchev–Trinajstić information content (AvgIpc) is 3.52. The minimum Gasteiger partial charge on any atom is -0.503 e. The van der Waals surface area contributed by atoms with Crippen LogP contribution in [-0.4, -0.2) is 39.8 Å². The molecule has 7 nitrogen and oxygen atoms in total. The predicted octanol–water partition coefficient (Wildman–Crippen LogP) is 4.36. The van der Waals surface area contributed by atoms with Gasteiger partial charge in [-0.15, -0.1) is 0 Å². The van der Waals surface area contributed by atoms with Crippen molar-refractivity contribution in [3.8, 4) is 5.75 Å². The first-order chi connectivity index (χ1) is 15.1. The summed E-state index contributed by atoms with van der Waals surface area (Å²) >= 11 is 0. The Kier molecular flexibility index (Phi) is 4.73. The molecule has 31 heavy (non-hydrogen) atoms. The van der Waals surface area contributed by atoms with Crippen molar-refractivity contribution >= 4 is 22.7 Å². The van der Waals surface area contributed by atoms with E-state index in [0.29, 0.717) is 22.4 Å². The Bertz CT molecular complexity index is 1190. The molecule has 1 unspecified atom stereocenters. The average molecular weight is 418 g/mol. The van der Waals surface area contributed by atoms with Gasteiger partial charge in [0.15, 0.2) is 22.9 Å². The number of ether oxygens (including phenoxy) is 1. The number of amides is 1. The lowest BCUT2D eigenvalue weighted by Gasteiger charge is -2.31. The van der Waals surface area contributed by atoms with Gasteiger partial charge in [-0.3, -0.25) is 14.6 Å². The van der Waals surface area contributed by atoms with Gasteiger partial charge in [-0.25, -0.2) is 0 Å². The van der Waals surface area contributed by atoms with E-state index >= 15 is 0 Å². The standard InChI is InChI=1S/C24H22N2O5/c1-30-17-11-6-7-14-13-18(31-23(14)17)21(27)19-20(16-10-4-5-12-25-16)26(24(29)22(19)28)15-8-2-3-9-15/h4-7,10-13,15,20,28H,2-3,8-9H2,1H3. The van der Waals surface area contributed by atoms with Crippen LogP contribution in [0.1, 0.15) is 48.0 Å². The Hall–Kier alpha value is -3.61. The first kappa shape index (κ1) is 19.4. The number of furan rings is 1. The van der Waals surface area contributed by atoms with Gasteiger partial charge in [0.1, 0.15) is 6.04 Å². The van der Waals surface area contributed by atoms with Crippen LogP contribution >= 0.6 is 0 Å².